The molecule has 0 radical (unpaired) electrons. The largest absolute Gasteiger partial charge is 0.361 e. The van der Waals surface area contributed by atoms with Crippen LogP contribution in [0.1, 0.15) is 12.0 Å². The Bertz CT molecular complexity index is 782. The molecule has 0 unspecified atom stereocenters. The van der Waals surface area contributed by atoms with E-state index < -0.39 is 0 Å². The average molecular weight is 344 g/mol. The fourth-order valence-corrected chi connectivity index (χ4v) is 2.61. The zero-order valence-corrected chi connectivity index (χ0v) is 12.9. The summed E-state index contributed by atoms with van der Waals surface area (Å²) in [6.45, 7) is 0. The number of H-pyrrole nitrogens is 1. The number of para-hydroxylation sites is 1. The number of anilines is 1. The topological polar surface area (TPSA) is 57.8 Å². The van der Waals surface area contributed by atoms with Gasteiger partial charge in [0.05, 0.1) is 0 Å². The number of aromatic amines is 1. The van der Waals surface area contributed by atoms with E-state index in [4.69, 9.17) is 0 Å². The van der Waals surface area contributed by atoms with Gasteiger partial charge in [0.15, 0.2) is 0 Å². The molecule has 2 heterocycles. The number of pyridine rings is 1. The number of aromatic nitrogens is 2. The number of benzene rings is 1. The Morgan fingerprint density at radius 3 is 2.90 bits per heavy atom. The molecular weight excluding hydrogens is 330 g/mol. The third-order valence-corrected chi connectivity index (χ3v) is 3.72. The second kappa shape index (κ2) is 6.10. The van der Waals surface area contributed by atoms with Gasteiger partial charge in [-0.05, 0) is 46.1 Å². The quantitative estimate of drug-likeness (QED) is 0.706. The van der Waals surface area contributed by atoms with Gasteiger partial charge in [-0.25, -0.2) is 4.98 Å². The van der Waals surface area contributed by atoms with Crippen LogP contribution in [0.4, 0.5) is 5.82 Å². The van der Waals surface area contributed by atoms with Crippen molar-refractivity contribution in [1.29, 1.82) is 0 Å². The fourth-order valence-electron chi connectivity index (χ4n) is 2.27. The molecule has 0 saturated carbocycles. The van der Waals surface area contributed by atoms with E-state index in [0.29, 0.717) is 23.3 Å². The standard InChI is InChI=1S/C16H14BrN3O/c17-14-6-3-7-15(19-14)20-16(21)9-8-11-10-18-13-5-2-1-4-12(11)13/h1-7,10,18H,8-9H2,(H,19,20,21). The highest BCUT2D eigenvalue weighted by molar-refractivity contribution is 9.10. The van der Waals surface area contributed by atoms with E-state index in [1.54, 1.807) is 6.07 Å². The average Bonchev–Trinajstić information content (AvgIpc) is 2.88. The molecule has 0 aliphatic carbocycles. The van der Waals surface area contributed by atoms with Gasteiger partial charge in [0.1, 0.15) is 10.4 Å². The molecule has 0 saturated heterocycles. The van der Waals surface area contributed by atoms with Crippen molar-refractivity contribution in [2.75, 3.05) is 5.32 Å². The molecule has 3 aromatic rings. The summed E-state index contributed by atoms with van der Waals surface area (Å²) in [5.41, 5.74) is 2.25. The summed E-state index contributed by atoms with van der Waals surface area (Å²) in [6.07, 6.45) is 3.09. The second-order valence-electron chi connectivity index (χ2n) is 4.75. The first-order valence-corrected chi connectivity index (χ1v) is 7.49. The summed E-state index contributed by atoms with van der Waals surface area (Å²) in [7, 11) is 0. The minimum atomic E-state index is -0.0362. The van der Waals surface area contributed by atoms with Gasteiger partial charge >= 0.3 is 0 Å². The molecule has 5 heteroatoms. The smallest absolute Gasteiger partial charge is 0.225 e. The second-order valence-corrected chi connectivity index (χ2v) is 5.57. The molecule has 2 aromatic heterocycles. The molecule has 3 rings (SSSR count). The Morgan fingerprint density at radius 1 is 1.19 bits per heavy atom. The summed E-state index contributed by atoms with van der Waals surface area (Å²) in [6, 6.07) is 13.5. The number of amides is 1. The summed E-state index contributed by atoms with van der Waals surface area (Å²) in [5, 5.41) is 3.98. The molecule has 0 atom stereocenters. The summed E-state index contributed by atoms with van der Waals surface area (Å²) < 4.78 is 0.705. The third kappa shape index (κ3) is 3.31. The zero-order valence-electron chi connectivity index (χ0n) is 11.3. The number of hydrogen-bond donors (Lipinski definition) is 2. The van der Waals surface area contributed by atoms with Gasteiger partial charge in [-0.15, -0.1) is 0 Å². The molecule has 1 amide bonds. The molecule has 0 fully saturated rings. The third-order valence-electron chi connectivity index (χ3n) is 3.28. The molecule has 2 N–H and O–H groups in total. The fraction of sp³-hybridized carbons (Fsp3) is 0.125. The molecule has 0 spiro atoms. The van der Waals surface area contributed by atoms with E-state index in [9.17, 15) is 4.79 Å². The number of nitrogens with one attached hydrogen (secondary N) is 2. The van der Waals surface area contributed by atoms with E-state index in [1.165, 1.54) is 5.39 Å². The lowest BCUT2D eigenvalue weighted by atomic mass is 10.1. The summed E-state index contributed by atoms with van der Waals surface area (Å²) in [5.74, 6) is 0.527. The van der Waals surface area contributed by atoms with Crippen molar-refractivity contribution in [3.05, 3.63) is 58.8 Å². The van der Waals surface area contributed by atoms with Gasteiger partial charge in [-0.2, -0.15) is 0 Å². The highest BCUT2D eigenvalue weighted by Crippen LogP contribution is 2.19. The Labute approximate surface area is 130 Å². The number of halogens is 1. The molecule has 0 bridgehead atoms. The van der Waals surface area contributed by atoms with Crippen molar-refractivity contribution in [2.45, 2.75) is 12.8 Å². The van der Waals surface area contributed by atoms with E-state index in [1.807, 2.05) is 36.5 Å². The Hall–Kier alpha value is -2.14. The maximum atomic E-state index is 12.0. The molecule has 21 heavy (non-hydrogen) atoms. The first-order chi connectivity index (χ1) is 10.2. The van der Waals surface area contributed by atoms with Crippen molar-refractivity contribution in [3.8, 4) is 0 Å². The number of carbonyl (C=O) groups is 1. The molecule has 4 nitrogen and oxygen atoms in total. The maximum absolute atomic E-state index is 12.0. The van der Waals surface area contributed by atoms with Crippen molar-refractivity contribution >= 4 is 38.6 Å². The highest BCUT2D eigenvalue weighted by atomic mass is 79.9. The van der Waals surface area contributed by atoms with Gasteiger partial charge in [-0.1, -0.05) is 24.3 Å². The van der Waals surface area contributed by atoms with E-state index in [0.717, 1.165) is 11.1 Å². The first-order valence-electron chi connectivity index (χ1n) is 6.70. The minimum absolute atomic E-state index is 0.0362. The van der Waals surface area contributed by atoms with Crippen LogP contribution in [0, 0.1) is 0 Å². The zero-order chi connectivity index (χ0) is 14.7. The predicted molar refractivity (Wildman–Crippen MR) is 87.2 cm³/mol. The Kier molecular flexibility index (Phi) is 4.01. The van der Waals surface area contributed by atoms with Crippen LogP contribution in [0.3, 0.4) is 0 Å². The molecule has 1 aromatic carbocycles. The molecule has 0 aliphatic heterocycles. The minimum Gasteiger partial charge on any atom is -0.361 e. The van der Waals surface area contributed by atoms with E-state index >= 15 is 0 Å². The van der Waals surface area contributed by atoms with Crippen LogP contribution < -0.4 is 5.32 Å². The summed E-state index contributed by atoms with van der Waals surface area (Å²) >= 11 is 3.28. The monoisotopic (exact) mass is 343 g/mol. The predicted octanol–water partition coefficient (Wildman–Crippen LogP) is 3.90. The SMILES string of the molecule is O=C(CCc1c[nH]c2ccccc12)Nc1cccc(Br)n1. The lowest BCUT2D eigenvalue weighted by Gasteiger charge is -2.04. The van der Waals surface area contributed by atoms with Gasteiger partial charge in [0.25, 0.3) is 0 Å². The van der Waals surface area contributed by atoms with Gasteiger partial charge in [0.2, 0.25) is 5.91 Å². The Morgan fingerprint density at radius 2 is 2.05 bits per heavy atom. The van der Waals surface area contributed by atoms with Crippen molar-refractivity contribution < 1.29 is 4.79 Å². The van der Waals surface area contributed by atoms with Gasteiger partial charge < -0.3 is 10.3 Å². The van der Waals surface area contributed by atoms with Crippen LogP contribution in [-0.4, -0.2) is 15.9 Å². The number of carbonyl (C=O) groups excluding carboxylic acids is 1. The number of nitrogens with zero attached hydrogens (tertiary/aromatic N) is 1. The van der Waals surface area contributed by atoms with Crippen molar-refractivity contribution in [3.63, 3.8) is 0 Å². The van der Waals surface area contributed by atoms with Crippen molar-refractivity contribution in [2.24, 2.45) is 0 Å². The maximum Gasteiger partial charge on any atom is 0.225 e. The van der Waals surface area contributed by atoms with Crippen LogP contribution in [-0.2, 0) is 11.2 Å². The lowest BCUT2D eigenvalue weighted by Crippen LogP contribution is -2.13. The first kappa shape index (κ1) is 13.8. The molecule has 106 valence electrons. The molecule has 0 aliphatic rings. The van der Waals surface area contributed by atoms with Crippen LogP contribution >= 0.6 is 15.9 Å². The van der Waals surface area contributed by atoms with E-state index in [2.05, 4.69) is 37.3 Å². The van der Waals surface area contributed by atoms with E-state index in [-0.39, 0.29) is 5.91 Å². The lowest BCUT2D eigenvalue weighted by molar-refractivity contribution is -0.116. The van der Waals surface area contributed by atoms with Crippen LogP contribution in [0.5, 0.6) is 0 Å². The summed E-state index contributed by atoms with van der Waals surface area (Å²) in [4.78, 5) is 19.4. The number of hydrogen-bond acceptors (Lipinski definition) is 2. The highest BCUT2D eigenvalue weighted by Gasteiger charge is 2.07. The number of rotatable bonds is 4. The van der Waals surface area contributed by atoms with Crippen molar-refractivity contribution in [1.82, 2.24) is 9.97 Å². The van der Waals surface area contributed by atoms with Crippen LogP contribution in [0.15, 0.2) is 53.3 Å². The van der Waals surface area contributed by atoms with Crippen LogP contribution in [0.2, 0.25) is 0 Å². The number of aryl methyl sites for hydroxylation is 1. The molecular formula is C16H14BrN3O. The normalized spacial score (nSPS) is 10.7. The number of fused-ring (bicyclic) bond motifs is 1. The van der Waals surface area contributed by atoms with Gasteiger partial charge in [0, 0.05) is 23.5 Å². The Balaban J connectivity index is 1.63. The van der Waals surface area contributed by atoms with Gasteiger partial charge in [-0.3, -0.25) is 4.79 Å². The van der Waals surface area contributed by atoms with Crippen LogP contribution in [0.25, 0.3) is 10.9 Å².